The summed E-state index contributed by atoms with van der Waals surface area (Å²) in [5.74, 6) is 0. The van der Waals surface area contributed by atoms with E-state index in [0.717, 1.165) is 12.8 Å². The molecule has 0 heteroatoms. The number of benzene rings is 3. The van der Waals surface area contributed by atoms with Crippen molar-refractivity contribution < 1.29 is 0 Å². The Labute approximate surface area is 146 Å². The highest BCUT2D eigenvalue weighted by molar-refractivity contribution is 5.83. The van der Waals surface area contributed by atoms with Crippen molar-refractivity contribution in [2.75, 3.05) is 0 Å². The van der Waals surface area contributed by atoms with Crippen LogP contribution in [0.5, 0.6) is 0 Å². The third-order valence-corrected chi connectivity index (χ3v) is 5.11. The van der Waals surface area contributed by atoms with Gasteiger partial charge in [-0.2, -0.15) is 0 Å². The van der Waals surface area contributed by atoms with Crippen molar-refractivity contribution in [3.8, 4) is 22.3 Å². The minimum atomic E-state index is 1.06. The molecule has 0 aromatic heterocycles. The lowest BCUT2D eigenvalue weighted by Crippen LogP contribution is -2.04. The van der Waals surface area contributed by atoms with Gasteiger partial charge in [0.05, 0.1) is 0 Å². The molecule has 0 unspecified atom stereocenters. The summed E-state index contributed by atoms with van der Waals surface area (Å²) in [5, 5.41) is 0. The molecule has 3 aromatic rings. The van der Waals surface area contributed by atoms with Gasteiger partial charge in [0.1, 0.15) is 0 Å². The van der Waals surface area contributed by atoms with E-state index < -0.39 is 0 Å². The number of hydrogen-bond donors (Lipinski definition) is 0. The minimum Gasteiger partial charge on any atom is -0.0622 e. The zero-order valence-corrected chi connectivity index (χ0v) is 15.2. The predicted octanol–water partition coefficient (Wildman–Crippen LogP) is 6.76. The first-order valence-corrected chi connectivity index (χ1v) is 8.94. The first-order chi connectivity index (χ1) is 11.7. The largest absolute Gasteiger partial charge is 0.0622 e. The van der Waals surface area contributed by atoms with Gasteiger partial charge >= 0.3 is 0 Å². The Balaban J connectivity index is 2.38. The summed E-state index contributed by atoms with van der Waals surface area (Å²) in [6.45, 7) is 9.13. The average Bonchev–Trinajstić information content (AvgIpc) is 2.64. The average molecular weight is 314 g/mol. The molecule has 0 heterocycles. The Bertz CT molecular complexity index is 755. The van der Waals surface area contributed by atoms with Crippen molar-refractivity contribution in [2.24, 2.45) is 0 Å². The fourth-order valence-corrected chi connectivity index (χ4v) is 3.90. The van der Waals surface area contributed by atoms with Crippen LogP contribution >= 0.6 is 0 Å². The quantitative estimate of drug-likeness (QED) is 0.499. The maximum absolute atomic E-state index is 2.28. The molecular weight excluding hydrogens is 288 g/mol. The summed E-state index contributed by atoms with van der Waals surface area (Å²) >= 11 is 0. The zero-order valence-electron chi connectivity index (χ0n) is 15.2. The predicted molar refractivity (Wildman–Crippen MR) is 106 cm³/mol. The smallest absolute Gasteiger partial charge is 0.0117 e. The summed E-state index contributed by atoms with van der Waals surface area (Å²) in [6.07, 6.45) is 2.13. The summed E-state index contributed by atoms with van der Waals surface area (Å²) in [7, 11) is 0. The van der Waals surface area contributed by atoms with E-state index in [9.17, 15) is 0 Å². The fourth-order valence-electron chi connectivity index (χ4n) is 3.90. The molecule has 0 radical (unpaired) electrons. The van der Waals surface area contributed by atoms with Gasteiger partial charge < -0.3 is 0 Å². The molecule has 0 spiro atoms. The highest BCUT2D eigenvalue weighted by Gasteiger charge is 2.19. The Hall–Kier alpha value is -2.34. The molecule has 0 fully saturated rings. The number of hydrogen-bond acceptors (Lipinski definition) is 0. The van der Waals surface area contributed by atoms with Gasteiger partial charge in [0.25, 0.3) is 0 Å². The maximum atomic E-state index is 2.28. The normalized spacial score (nSPS) is 10.8. The van der Waals surface area contributed by atoms with Crippen molar-refractivity contribution in [3.05, 3.63) is 82.9 Å². The van der Waals surface area contributed by atoms with Gasteiger partial charge in [0.2, 0.25) is 0 Å². The maximum Gasteiger partial charge on any atom is -0.0117 e. The molecule has 0 amide bonds. The third-order valence-electron chi connectivity index (χ3n) is 5.11. The second-order valence-electron chi connectivity index (χ2n) is 6.40. The molecule has 3 aromatic carbocycles. The van der Waals surface area contributed by atoms with E-state index in [1.54, 1.807) is 0 Å². The molecule has 0 aliphatic carbocycles. The van der Waals surface area contributed by atoms with E-state index in [0.29, 0.717) is 0 Å². The molecule has 0 bridgehead atoms. The Morgan fingerprint density at radius 3 is 1.17 bits per heavy atom. The Morgan fingerprint density at radius 2 is 0.875 bits per heavy atom. The van der Waals surface area contributed by atoms with Gasteiger partial charge in [-0.25, -0.2) is 0 Å². The van der Waals surface area contributed by atoms with Crippen LogP contribution in [-0.2, 0) is 12.8 Å². The lowest BCUT2D eigenvalue weighted by Gasteiger charge is -2.24. The molecule has 0 aliphatic heterocycles. The summed E-state index contributed by atoms with van der Waals surface area (Å²) in [4.78, 5) is 0. The van der Waals surface area contributed by atoms with Crippen LogP contribution in [0.3, 0.4) is 0 Å². The van der Waals surface area contributed by atoms with E-state index in [2.05, 4.69) is 88.4 Å². The SMILES string of the molecule is CCc1c(CC)c(-c2ccccc2)c(C)c(C)c1-c1ccccc1. The van der Waals surface area contributed by atoms with Gasteiger partial charge in [-0.3, -0.25) is 0 Å². The van der Waals surface area contributed by atoms with Gasteiger partial charge in [-0.1, -0.05) is 74.5 Å². The van der Waals surface area contributed by atoms with Gasteiger partial charge in [0.15, 0.2) is 0 Å². The molecule has 0 nitrogen and oxygen atoms in total. The van der Waals surface area contributed by atoms with Crippen molar-refractivity contribution in [1.82, 2.24) is 0 Å². The minimum absolute atomic E-state index is 1.06. The number of rotatable bonds is 4. The van der Waals surface area contributed by atoms with Crippen LogP contribution in [0, 0.1) is 13.8 Å². The summed E-state index contributed by atoms with van der Waals surface area (Å²) in [5.41, 5.74) is 11.4. The molecule has 122 valence electrons. The van der Waals surface area contributed by atoms with E-state index in [1.165, 1.54) is 44.5 Å². The second-order valence-corrected chi connectivity index (χ2v) is 6.40. The molecule has 0 saturated carbocycles. The van der Waals surface area contributed by atoms with Crippen LogP contribution in [0.1, 0.15) is 36.1 Å². The Morgan fingerprint density at radius 1 is 0.542 bits per heavy atom. The highest BCUT2D eigenvalue weighted by atomic mass is 14.2. The lowest BCUT2D eigenvalue weighted by molar-refractivity contribution is 1.03. The lowest BCUT2D eigenvalue weighted by atomic mass is 9.81. The van der Waals surface area contributed by atoms with Gasteiger partial charge in [0, 0.05) is 0 Å². The molecule has 0 saturated heterocycles. The van der Waals surface area contributed by atoms with E-state index >= 15 is 0 Å². The molecule has 0 N–H and O–H groups in total. The Kier molecular flexibility index (Phi) is 4.85. The molecular formula is C24H26. The van der Waals surface area contributed by atoms with Crippen molar-refractivity contribution in [1.29, 1.82) is 0 Å². The van der Waals surface area contributed by atoms with Crippen LogP contribution in [-0.4, -0.2) is 0 Å². The molecule has 0 atom stereocenters. The van der Waals surface area contributed by atoms with Crippen LogP contribution < -0.4 is 0 Å². The van der Waals surface area contributed by atoms with Crippen molar-refractivity contribution in [2.45, 2.75) is 40.5 Å². The topological polar surface area (TPSA) is 0 Å². The highest BCUT2D eigenvalue weighted by Crippen LogP contribution is 2.40. The van der Waals surface area contributed by atoms with Crippen LogP contribution in [0.15, 0.2) is 60.7 Å². The molecule has 3 rings (SSSR count). The second kappa shape index (κ2) is 7.05. The molecule has 0 aliphatic rings. The molecule has 24 heavy (non-hydrogen) atoms. The first kappa shape index (κ1) is 16.5. The van der Waals surface area contributed by atoms with Crippen molar-refractivity contribution >= 4 is 0 Å². The summed E-state index contributed by atoms with van der Waals surface area (Å²) in [6, 6.07) is 21.7. The monoisotopic (exact) mass is 314 g/mol. The van der Waals surface area contributed by atoms with E-state index in [1.807, 2.05) is 0 Å². The van der Waals surface area contributed by atoms with Gasteiger partial charge in [-0.15, -0.1) is 0 Å². The standard InChI is InChI=1S/C24H26/c1-5-21-22(6-2)24(20-15-11-8-12-16-20)18(4)17(3)23(21)19-13-9-7-10-14-19/h7-16H,5-6H2,1-4H3. The van der Waals surface area contributed by atoms with Crippen LogP contribution in [0.25, 0.3) is 22.3 Å². The van der Waals surface area contributed by atoms with E-state index in [4.69, 9.17) is 0 Å². The van der Waals surface area contributed by atoms with E-state index in [-0.39, 0.29) is 0 Å². The summed E-state index contributed by atoms with van der Waals surface area (Å²) < 4.78 is 0. The van der Waals surface area contributed by atoms with Crippen LogP contribution in [0.4, 0.5) is 0 Å². The van der Waals surface area contributed by atoms with Crippen LogP contribution in [0.2, 0.25) is 0 Å². The van der Waals surface area contributed by atoms with Crippen molar-refractivity contribution in [3.63, 3.8) is 0 Å². The van der Waals surface area contributed by atoms with Gasteiger partial charge in [-0.05, 0) is 71.2 Å². The first-order valence-electron chi connectivity index (χ1n) is 8.94. The fraction of sp³-hybridized carbons (Fsp3) is 0.250. The zero-order chi connectivity index (χ0) is 17.1. The third kappa shape index (κ3) is 2.78.